The van der Waals surface area contributed by atoms with Crippen LogP contribution in [0.2, 0.25) is 0 Å². The molecule has 4 nitrogen and oxygen atoms in total. The molecule has 1 amide bonds. The first-order chi connectivity index (χ1) is 9.78. The maximum absolute atomic E-state index is 14.2. The van der Waals surface area contributed by atoms with E-state index in [1.807, 2.05) is 38.7 Å². The number of nitrogens with one attached hydrogen (secondary N) is 2. The molecule has 0 aliphatic carbocycles. The Morgan fingerprint density at radius 1 is 1.33 bits per heavy atom. The molecular weight excluding hydrogens is 269 g/mol. The highest BCUT2D eigenvalue weighted by molar-refractivity contribution is 5.81. The number of likely N-dealkylation sites (N-methyl/N-ethyl adjacent to an activating group) is 2. The second kappa shape index (κ2) is 7.41. The van der Waals surface area contributed by atoms with Crippen LogP contribution in [-0.4, -0.2) is 31.6 Å². The van der Waals surface area contributed by atoms with E-state index >= 15 is 0 Å². The van der Waals surface area contributed by atoms with E-state index in [2.05, 4.69) is 10.6 Å². The van der Waals surface area contributed by atoms with E-state index in [0.717, 1.165) is 5.69 Å². The van der Waals surface area contributed by atoms with Gasteiger partial charge in [0.1, 0.15) is 5.82 Å². The molecule has 21 heavy (non-hydrogen) atoms. The molecule has 0 atom stereocenters. The average molecular weight is 295 g/mol. The van der Waals surface area contributed by atoms with Crippen LogP contribution < -0.4 is 15.5 Å². The third-order valence-corrected chi connectivity index (χ3v) is 3.23. The lowest BCUT2D eigenvalue weighted by Gasteiger charge is -2.27. The van der Waals surface area contributed by atoms with Gasteiger partial charge in [-0.1, -0.05) is 6.07 Å². The Bertz CT molecular complexity index is 483. The van der Waals surface area contributed by atoms with E-state index in [1.165, 1.54) is 6.07 Å². The van der Waals surface area contributed by atoms with E-state index in [0.29, 0.717) is 18.7 Å². The van der Waals surface area contributed by atoms with Gasteiger partial charge in [-0.15, -0.1) is 0 Å². The first-order valence-corrected chi connectivity index (χ1v) is 7.26. The van der Waals surface area contributed by atoms with Crippen molar-refractivity contribution < 1.29 is 9.18 Å². The molecule has 118 valence electrons. The van der Waals surface area contributed by atoms with Crippen LogP contribution >= 0.6 is 0 Å². The maximum Gasteiger partial charge on any atom is 0.239 e. The smallest absolute Gasteiger partial charge is 0.239 e. The number of hydrogen-bond acceptors (Lipinski definition) is 3. The van der Waals surface area contributed by atoms with E-state index in [4.69, 9.17) is 0 Å². The van der Waals surface area contributed by atoms with Crippen molar-refractivity contribution in [3.05, 3.63) is 29.6 Å². The standard InChI is InChI=1S/C16H26FN3O/c1-6-20(11-15(21)18-5)14-9-7-8-13(17)12(14)10-19-16(2,3)4/h7-9,19H,6,10-11H2,1-5H3,(H,18,21). The lowest BCUT2D eigenvalue weighted by Crippen LogP contribution is -2.38. The normalized spacial score (nSPS) is 11.3. The van der Waals surface area contributed by atoms with E-state index < -0.39 is 0 Å². The van der Waals surface area contributed by atoms with Gasteiger partial charge in [0.2, 0.25) is 5.91 Å². The lowest BCUT2D eigenvalue weighted by molar-refractivity contribution is -0.119. The van der Waals surface area contributed by atoms with Crippen molar-refractivity contribution in [2.24, 2.45) is 0 Å². The number of nitrogens with zero attached hydrogens (tertiary/aromatic N) is 1. The molecule has 0 unspecified atom stereocenters. The van der Waals surface area contributed by atoms with Crippen molar-refractivity contribution in [2.75, 3.05) is 25.0 Å². The molecule has 0 radical (unpaired) electrons. The number of amides is 1. The van der Waals surface area contributed by atoms with Gasteiger partial charge in [0.15, 0.2) is 0 Å². The summed E-state index contributed by atoms with van der Waals surface area (Å²) < 4.78 is 14.2. The zero-order chi connectivity index (χ0) is 16.0. The van der Waals surface area contributed by atoms with Crippen LogP contribution in [-0.2, 0) is 11.3 Å². The number of hydrogen-bond donors (Lipinski definition) is 2. The summed E-state index contributed by atoms with van der Waals surface area (Å²) in [7, 11) is 1.60. The number of rotatable bonds is 6. The fraction of sp³-hybridized carbons (Fsp3) is 0.562. The minimum absolute atomic E-state index is 0.0872. The Balaban J connectivity index is 3.04. The summed E-state index contributed by atoms with van der Waals surface area (Å²) in [6, 6.07) is 4.99. The molecular formula is C16H26FN3O. The lowest BCUT2D eigenvalue weighted by atomic mass is 10.1. The first kappa shape index (κ1) is 17.4. The first-order valence-electron chi connectivity index (χ1n) is 7.26. The Morgan fingerprint density at radius 3 is 2.52 bits per heavy atom. The van der Waals surface area contributed by atoms with Crippen molar-refractivity contribution in [1.82, 2.24) is 10.6 Å². The van der Waals surface area contributed by atoms with Crippen LogP contribution in [0.1, 0.15) is 33.3 Å². The van der Waals surface area contributed by atoms with Crippen LogP contribution in [0, 0.1) is 5.82 Å². The van der Waals surface area contributed by atoms with Gasteiger partial charge in [-0.3, -0.25) is 4.79 Å². The molecule has 0 spiro atoms. The molecule has 1 rings (SSSR count). The summed E-state index contributed by atoms with van der Waals surface area (Å²) >= 11 is 0. The summed E-state index contributed by atoms with van der Waals surface area (Å²) in [5.74, 6) is -0.338. The highest BCUT2D eigenvalue weighted by Crippen LogP contribution is 2.23. The molecule has 0 heterocycles. The van der Waals surface area contributed by atoms with Crippen LogP contribution in [0.25, 0.3) is 0 Å². The van der Waals surface area contributed by atoms with E-state index in [9.17, 15) is 9.18 Å². The molecule has 0 saturated heterocycles. The summed E-state index contributed by atoms with van der Waals surface area (Å²) in [4.78, 5) is 13.5. The Hall–Kier alpha value is -1.62. The molecule has 0 aliphatic heterocycles. The summed E-state index contributed by atoms with van der Waals surface area (Å²) in [6.07, 6.45) is 0. The molecule has 0 fully saturated rings. The molecule has 5 heteroatoms. The Kier molecular flexibility index (Phi) is 6.15. The zero-order valence-corrected chi connectivity index (χ0v) is 13.6. The molecule has 1 aromatic carbocycles. The third-order valence-electron chi connectivity index (χ3n) is 3.23. The van der Waals surface area contributed by atoms with Gasteiger partial charge in [0.05, 0.1) is 6.54 Å². The summed E-state index contributed by atoms with van der Waals surface area (Å²) in [5, 5.41) is 5.90. The molecule has 0 aromatic heterocycles. The van der Waals surface area contributed by atoms with Gasteiger partial charge >= 0.3 is 0 Å². The predicted octanol–water partition coefficient (Wildman–Crippen LogP) is 2.29. The minimum Gasteiger partial charge on any atom is -0.362 e. The molecule has 1 aromatic rings. The summed E-state index contributed by atoms with van der Waals surface area (Å²) in [5.41, 5.74) is 1.26. The van der Waals surface area contributed by atoms with Gasteiger partial charge in [-0.25, -0.2) is 4.39 Å². The Morgan fingerprint density at radius 2 is 2.00 bits per heavy atom. The second-order valence-electron chi connectivity index (χ2n) is 6.03. The molecule has 0 saturated carbocycles. The number of halogens is 1. The molecule has 2 N–H and O–H groups in total. The minimum atomic E-state index is -0.250. The van der Waals surface area contributed by atoms with Crippen LogP contribution in [0.15, 0.2) is 18.2 Å². The van der Waals surface area contributed by atoms with Crippen molar-refractivity contribution in [2.45, 2.75) is 39.8 Å². The fourth-order valence-corrected chi connectivity index (χ4v) is 1.99. The van der Waals surface area contributed by atoms with Crippen LogP contribution in [0.3, 0.4) is 0 Å². The molecule has 0 aliphatic rings. The number of benzene rings is 1. The number of anilines is 1. The van der Waals surface area contributed by atoms with Gasteiger partial charge < -0.3 is 15.5 Å². The van der Waals surface area contributed by atoms with Gasteiger partial charge in [-0.05, 0) is 39.8 Å². The monoisotopic (exact) mass is 295 g/mol. The van der Waals surface area contributed by atoms with Crippen molar-refractivity contribution >= 4 is 11.6 Å². The van der Waals surface area contributed by atoms with Gasteiger partial charge in [0.25, 0.3) is 0 Å². The van der Waals surface area contributed by atoms with Crippen molar-refractivity contribution in [3.63, 3.8) is 0 Å². The second-order valence-corrected chi connectivity index (χ2v) is 6.03. The number of carbonyl (C=O) groups is 1. The third kappa shape index (κ3) is 5.34. The zero-order valence-electron chi connectivity index (χ0n) is 13.6. The van der Waals surface area contributed by atoms with E-state index in [-0.39, 0.29) is 23.8 Å². The largest absolute Gasteiger partial charge is 0.362 e. The van der Waals surface area contributed by atoms with Crippen molar-refractivity contribution in [3.8, 4) is 0 Å². The predicted molar refractivity (Wildman–Crippen MR) is 84.9 cm³/mol. The SMILES string of the molecule is CCN(CC(=O)NC)c1cccc(F)c1CNC(C)(C)C. The average Bonchev–Trinajstić information content (AvgIpc) is 2.42. The van der Waals surface area contributed by atoms with Gasteiger partial charge in [-0.2, -0.15) is 0 Å². The molecule has 0 bridgehead atoms. The van der Waals surface area contributed by atoms with Crippen LogP contribution in [0.4, 0.5) is 10.1 Å². The van der Waals surface area contributed by atoms with E-state index in [1.54, 1.807) is 13.1 Å². The highest BCUT2D eigenvalue weighted by atomic mass is 19.1. The van der Waals surface area contributed by atoms with Crippen molar-refractivity contribution in [1.29, 1.82) is 0 Å². The fourth-order valence-electron chi connectivity index (χ4n) is 1.99. The topological polar surface area (TPSA) is 44.4 Å². The van der Waals surface area contributed by atoms with Crippen LogP contribution in [0.5, 0.6) is 0 Å². The quantitative estimate of drug-likeness (QED) is 0.846. The Labute approximate surface area is 126 Å². The highest BCUT2D eigenvalue weighted by Gasteiger charge is 2.17. The van der Waals surface area contributed by atoms with Gasteiger partial charge in [0, 0.05) is 36.9 Å². The maximum atomic E-state index is 14.2. The number of carbonyl (C=O) groups excluding carboxylic acids is 1. The summed E-state index contributed by atoms with van der Waals surface area (Å²) in [6.45, 7) is 9.35.